The van der Waals surface area contributed by atoms with E-state index in [4.69, 9.17) is 14.7 Å². The lowest BCUT2D eigenvalue weighted by Gasteiger charge is -2.10. The molecule has 0 atom stereocenters. The highest BCUT2D eigenvalue weighted by Crippen LogP contribution is 2.39. The van der Waals surface area contributed by atoms with E-state index < -0.39 is 0 Å². The second-order valence-electron chi connectivity index (χ2n) is 13.1. The van der Waals surface area contributed by atoms with E-state index in [1.165, 1.54) is 47.5 Å². The van der Waals surface area contributed by atoms with Crippen LogP contribution in [0.15, 0.2) is 170 Å². The molecule has 52 heavy (non-hydrogen) atoms. The van der Waals surface area contributed by atoms with Crippen LogP contribution in [0.5, 0.6) is 11.6 Å². The average molecular weight is 685 g/mol. The summed E-state index contributed by atoms with van der Waals surface area (Å²) in [6, 6.07) is 57.8. The number of thiophene rings is 1. The van der Waals surface area contributed by atoms with Crippen LogP contribution >= 0.6 is 11.3 Å². The Morgan fingerprint density at radius 3 is 1.79 bits per heavy atom. The third-order valence-electron chi connectivity index (χ3n) is 10.1. The third-order valence-corrected chi connectivity index (χ3v) is 11.2. The molecule has 0 N–H and O–H groups in total. The zero-order chi connectivity index (χ0) is 34.2. The molecule has 0 amide bonds. The normalized spacial score (nSPS) is 11.8. The zero-order valence-electron chi connectivity index (χ0n) is 27.8. The molecule has 0 aliphatic carbocycles. The van der Waals surface area contributed by atoms with Gasteiger partial charge in [-0.2, -0.15) is 4.98 Å². The molecule has 0 aliphatic rings. The van der Waals surface area contributed by atoms with E-state index in [-0.39, 0.29) is 0 Å². The first kappa shape index (κ1) is 29.0. The summed E-state index contributed by atoms with van der Waals surface area (Å²) in [6.45, 7) is 0. The van der Waals surface area contributed by atoms with Gasteiger partial charge in [0, 0.05) is 59.7 Å². The third kappa shape index (κ3) is 4.48. The number of ether oxygens (including phenoxy) is 1. The second kappa shape index (κ2) is 11.4. The average Bonchev–Trinajstić information content (AvgIpc) is 3.85. The monoisotopic (exact) mass is 684 g/mol. The number of hydrogen-bond acceptors (Lipinski definition) is 4. The Hall–Kier alpha value is -6.76. The fraction of sp³-hybridized carbons (Fsp3) is 0. The minimum absolute atomic E-state index is 0.495. The van der Waals surface area contributed by atoms with Gasteiger partial charge in [-0.1, -0.05) is 84.9 Å². The first-order valence-electron chi connectivity index (χ1n) is 17.3. The van der Waals surface area contributed by atoms with Crippen LogP contribution in [-0.4, -0.2) is 19.1 Å². The van der Waals surface area contributed by atoms with Crippen molar-refractivity contribution >= 4 is 75.1 Å². The van der Waals surface area contributed by atoms with Crippen molar-refractivity contribution in [3.05, 3.63) is 170 Å². The smallest absolute Gasteiger partial charge is 0.237 e. The van der Waals surface area contributed by atoms with Crippen molar-refractivity contribution in [1.82, 2.24) is 19.1 Å². The van der Waals surface area contributed by atoms with E-state index in [1.807, 2.05) is 12.1 Å². The van der Waals surface area contributed by atoms with Crippen LogP contribution in [0, 0.1) is 0 Å². The van der Waals surface area contributed by atoms with Crippen molar-refractivity contribution in [3.8, 4) is 34.4 Å². The Balaban J connectivity index is 1.01. The molecule has 0 saturated heterocycles. The number of nitrogens with zero attached hydrogens (tertiary/aromatic N) is 4. The van der Waals surface area contributed by atoms with Gasteiger partial charge in [0.05, 0.1) is 22.1 Å². The summed E-state index contributed by atoms with van der Waals surface area (Å²) in [7, 11) is 0. The lowest BCUT2D eigenvalue weighted by Crippen LogP contribution is -2.01. The molecule has 4 heterocycles. The van der Waals surface area contributed by atoms with Gasteiger partial charge in [-0.3, -0.25) is 4.57 Å². The molecule has 244 valence electrons. The highest BCUT2D eigenvalue weighted by Gasteiger charge is 2.17. The molecule has 0 spiro atoms. The summed E-state index contributed by atoms with van der Waals surface area (Å²) in [6.07, 6.45) is 1.77. The summed E-state index contributed by atoms with van der Waals surface area (Å²) < 4.78 is 13.4. The number of para-hydroxylation sites is 3. The van der Waals surface area contributed by atoms with E-state index in [0.29, 0.717) is 11.8 Å². The first-order valence-corrected chi connectivity index (χ1v) is 18.1. The van der Waals surface area contributed by atoms with Crippen LogP contribution in [0.3, 0.4) is 0 Å². The molecule has 7 aromatic carbocycles. The van der Waals surface area contributed by atoms with Crippen LogP contribution in [0.2, 0.25) is 0 Å². The van der Waals surface area contributed by atoms with Gasteiger partial charge < -0.3 is 9.30 Å². The van der Waals surface area contributed by atoms with Crippen LogP contribution in [0.25, 0.3) is 86.5 Å². The molecule has 11 aromatic rings. The maximum absolute atomic E-state index is 6.38. The summed E-state index contributed by atoms with van der Waals surface area (Å²) >= 11 is 1.79. The Morgan fingerprint density at radius 1 is 0.442 bits per heavy atom. The van der Waals surface area contributed by atoms with Gasteiger partial charge in [-0.05, 0) is 83.9 Å². The van der Waals surface area contributed by atoms with Gasteiger partial charge >= 0.3 is 0 Å². The number of rotatable bonds is 5. The molecular formula is C46H28N4OS. The van der Waals surface area contributed by atoms with Crippen molar-refractivity contribution in [2.75, 3.05) is 0 Å². The topological polar surface area (TPSA) is 44.9 Å². The fourth-order valence-corrected chi connectivity index (χ4v) is 8.85. The van der Waals surface area contributed by atoms with Crippen LogP contribution in [-0.2, 0) is 0 Å². The Morgan fingerprint density at radius 2 is 1.04 bits per heavy atom. The van der Waals surface area contributed by atoms with E-state index in [9.17, 15) is 0 Å². The molecule has 0 saturated carbocycles. The van der Waals surface area contributed by atoms with E-state index >= 15 is 0 Å². The molecular weight excluding hydrogens is 657 g/mol. The second-order valence-corrected chi connectivity index (χ2v) is 14.1. The van der Waals surface area contributed by atoms with Gasteiger partial charge in [0.2, 0.25) is 11.8 Å². The number of hydrogen-bond donors (Lipinski definition) is 0. The summed E-state index contributed by atoms with van der Waals surface area (Å²) in [5.41, 5.74) is 7.95. The number of benzene rings is 7. The minimum atomic E-state index is 0.495. The maximum atomic E-state index is 6.38. The van der Waals surface area contributed by atoms with Gasteiger partial charge in [-0.15, -0.1) is 11.3 Å². The van der Waals surface area contributed by atoms with Crippen molar-refractivity contribution < 1.29 is 4.74 Å². The Kier molecular flexibility index (Phi) is 6.35. The number of aromatic nitrogens is 4. The van der Waals surface area contributed by atoms with Crippen molar-refractivity contribution in [2.24, 2.45) is 0 Å². The minimum Gasteiger partial charge on any atom is -0.439 e. The molecule has 0 bridgehead atoms. The molecule has 0 fully saturated rings. The predicted octanol–water partition coefficient (Wildman–Crippen LogP) is 12.5. The number of fused-ring (bicyclic) bond motifs is 9. The van der Waals surface area contributed by atoms with Crippen molar-refractivity contribution in [1.29, 1.82) is 0 Å². The molecule has 0 aliphatic heterocycles. The summed E-state index contributed by atoms with van der Waals surface area (Å²) in [5, 5.41) is 7.18. The molecule has 5 nitrogen and oxygen atoms in total. The lowest BCUT2D eigenvalue weighted by atomic mass is 10.0. The predicted molar refractivity (Wildman–Crippen MR) is 216 cm³/mol. The lowest BCUT2D eigenvalue weighted by molar-refractivity contribution is 0.461. The maximum Gasteiger partial charge on any atom is 0.237 e. The van der Waals surface area contributed by atoms with Crippen LogP contribution in [0.1, 0.15) is 0 Å². The van der Waals surface area contributed by atoms with E-state index in [2.05, 4.69) is 161 Å². The highest BCUT2D eigenvalue weighted by atomic mass is 32.1. The van der Waals surface area contributed by atoms with Gasteiger partial charge in [0.15, 0.2) is 0 Å². The molecule has 0 unspecified atom stereocenters. The van der Waals surface area contributed by atoms with Gasteiger partial charge in [0.1, 0.15) is 5.75 Å². The van der Waals surface area contributed by atoms with Crippen molar-refractivity contribution in [3.63, 3.8) is 0 Å². The molecule has 0 radical (unpaired) electrons. The largest absolute Gasteiger partial charge is 0.439 e. The molecule has 4 aromatic heterocycles. The van der Waals surface area contributed by atoms with Crippen molar-refractivity contribution in [2.45, 2.75) is 0 Å². The Labute approximate surface area is 302 Å². The van der Waals surface area contributed by atoms with Crippen LogP contribution in [0.4, 0.5) is 0 Å². The fourth-order valence-electron chi connectivity index (χ4n) is 7.76. The van der Waals surface area contributed by atoms with E-state index in [1.54, 1.807) is 17.5 Å². The van der Waals surface area contributed by atoms with E-state index in [0.717, 1.165) is 38.8 Å². The standard InChI is InChI=1S/C46H28N4OS/c1-2-10-31(11-3-1)49-39-15-7-4-12-33(39)36-26-29(18-21-41(36)49)30-19-22-42-37(27-30)34-13-5-8-16-40(34)50(42)46-47-25-24-45(48-46)51-32-20-23-44-38(28-32)35-14-6-9-17-43(35)52-44/h1-28H. The molecule has 11 rings (SSSR count). The van der Waals surface area contributed by atoms with Gasteiger partial charge in [-0.25, -0.2) is 4.98 Å². The summed E-state index contributed by atoms with van der Waals surface area (Å²) in [5.74, 6) is 1.81. The first-order chi connectivity index (χ1) is 25.8. The highest BCUT2D eigenvalue weighted by molar-refractivity contribution is 7.25. The summed E-state index contributed by atoms with van der Waals surface area (Å²) in [4.78, 5) is 9.69. The van der Waals surface area contributed by atoms with Gasteiger partial charge in [0.25, 0.3) is 0 Å². The Bertz CT molecular complexity index is 3170. The van der Waals surface area contributed by atoms with Crippen LogP contribution < -0.4 is 4.74 Å². The quantitative estimate of drug-likeness (QED) is 0.181. The molecule has 6 heteroatoms. The SMILES string of the molecule is c1ccc(-n2c3ccccc3c3cc(-c4ccc5c(c4)c4ccccc4n5-c4nccc(Oc5ccc6sc7ccccc7c6c5)n4)ccc32)cc1. The zero-order valence-corrected chi connectivity index (χ0v) is 28.6.